The zero-order chi connectivity index (χ0) is 13.9. The van der Waals surface area contributed by atoms with Gasteiger partial charge in [-0.25, -0.2) is 0 Å². The van der Waals surface area contributed by atoms with Crippen molar-refractivity contribution in [1.29, 1.82) is 5.26 Å². The number of rotatable bonds is 4. The molecule has 5 heteroatoms. The van der Waals surface area contributed by atoms with Crippen molar-refractivity contribution in [1.82, 2.24) is 0 Å². The highest BCUT2D eigenvalue weighted by atomic mass is 79.9. The van der Waals surface area contributed by atoms with Gasteiger partial charge in [0.25, 0.3) is 0 Å². The van der Waals surface area contributed by atoms with E-state index in [2.05, 4.69) is 27.3 Å². The number of hydrogen-bond donors (Lipinski definition) is 2. The molecule has 0 aromatic heterocycles. The van der Waals surface area contributed by atoms with E-state index in [4.69, 9.17) is 5.26 Å². The Morgan fingerprint density at radius 2 is 2.16 bits per heavy atom. The van der Waals surface area contributed by atoms with Gasteiger partial charge in [0.2, 0.25) is 0 Å². The van der Waals surface area contributed by atoms with Crippen molar-refractivity contribution in [2.24, 2.45) is 5.41 Å². The zero-order valence-electron chi connectivity index (χ0n) is 10.4. The van der Waals surface area contributed by atoms with E-state index in [0.717, 1.165) is 17.3 Å². The van der Waals surface area contributed by atoms with E-state index in [-0.39, 0.29) is 0 Å². The van der Waals surface area contributed by atoms with Gasteiger partial charge >= 0.3 is 5.97 Å². The SMILES string of the molecule is N#Cc1c(Br)cccc1NCC1(C(=O)O)CCCC1. The smallest absolute Gasteiger partial charge is 0.311 e. The van der Waals surface area contributed by atoms with Gasteiger partial charge < -0.3 is 10.4 Å². The molecule has 0 aliphatic heterocycles. The fraction of sp³-hybridized carbons (Fsp3) is 0.429. The molecule has 0 bridgehead atoms. The number of carbonyl (C=O) groups is 1. The Hall–Kier alpha value is -1.54. The van der Waals surface area contributed by atoms with Crippen molar-refractivity contribution in [3.05, 3.63) is 28.2 Å². The average Bonchev–Trinajstić information content (AvgIpc) is 2.86. The van der Waals surface area contributed by atoms with Crippen LogP contribution in [0, 0.1) is 16.7 Å². The van der Waals surface area contributed by atoms with Crippen LogP contribution in [-0.4, -0.2) is 17.6 Å². The Balaban J connectivity index is 2.17. The molecule has 1 aromatic rings. The summed E-state index contributed by atoms with van der Waals surface area (Å²) in [6, 6.07) is 7.55. The van der Waals surface area contributed by atoms with Crippen LogP contribution in [0.4, 0.5) is 5.69 Å². The summed E-state index contributed by atoms with van der Waals surface area (Å²) in [6.07, 6.45) is 3.31. The first-order valence-electron chi connectivity index (χ1n) is 6.25. The molecule has 1 aliphatic carbocycles. The Morgan fingerprint density at radius 1 is 1.47 bits per heavy atom. The highest BCUT2D eigenvalue weighted by Gasteiger charge is 2.41. The third kappa shape index (κ3) is 2.74. The summed E-state index contributed by atoms with van der Waals surface area (Å²) in [5, 5.41) is 21.7. The van der Waals surface area contributed by atoms with Gasteiger partial charge in [0.05, 0.1) is 16.7 Å². The molecule has 1 fully saturated rings. The number of aliphatic carboxylic acids is 1. The average molecular weight is 323 g/mol. The Labute approximate surface area is 120 Å². The Morgan fingerprint density at radius 3 is 2.74 bits per heavy atom. The normalized spacial score (nSPS) is 16.8. The van der Waals surface area contributed by atoms with E-state index in [1.54, 1.807) is 12.1 Å². The summed E-state index contributed by atoms with van der Waals surface area (Å²) in [4.78, 5) is 11.5. The molecule has 0 unspecified atom stereocenters. The summed E-state index contributed by atoms with van der Waals surface area (Å²) in [7, 11) is 0. The minimum Gasteiger partial charge on any atom is -0.481 e. The summed E-state index contributed by atoms with van der Waals surface area (Å²) >= 11 is 3.32. The molecule has 4 nitrogen and oxygen atoms in total. The molecule has 1 aromatic carbocycles. The van der Waals surface area contributed by atoms with Crippen LogP contribution in [0.15, 0.2) is 22.7 Å². The maximum atomic E-state index is 11.5. The van der Waals surface area contributed by atoms with Crippen molar-refractivity contribution in [2.45, 2.75) is 25.7 Å². The second-order valence-electron chi connectivity index (χ2n) is 4.92. The van der Waals surface area contributed by atoms with E-state index in [0.29, 0.717) is 30.6 Å². The van der Waals surface area contributed by atoms with Crippen LogP contribution in [0.3, 0.4) is 0 Å². The van der Waals surface area contributed by atoms with E-state index in [1.807, 2.05) is 6.07 Å². The minimum absolute atomic E-state index is 0.369. The number of nitrogens with one attached hydrogen (secondary N) is 1. The molecular formula is C14H15BrN2O2. The van der Waals surface area contributed by atoms with Crippen molar-refractivity contribution in [3.8, 4) is 6.07 Å². The van der Waals surface area contributed by atoms with Gasteiger partial charge in [0.1, 0.15) is 6.07 Å². The van der Waals surface area contributed by atoms with Crippen LogP contribution in [0.2, 0.25) is 0 Å². The molecule has 2 N–H and O–H groups in total. The molecule has 1 aliphatic rings. The van der Waals surface area contributed by atoms with Crippen LogP contribution in [0.1, 0.15) is 31.2 Å². The fourth-order valence-electron chi connectivity index (χ4n) is 2.57. The second kappa shape index (κ2) is 5.62. The third-order valence-corrected chi connectivity index (χ3v) is 4.42. The van der Waals surface area contributed by atoms with Crippen LogP contribution in [0.25, 0.3) is 0 Å². The number of anilines is 1. The van der Waals surface area contributed by atoms with Crippen molar-refractivity contribution < 1.29 is 9.90 Å². The van der Waals surface area contributed by atoms with Crippen LogP contribution in [-0.2, 0) is 4.79 Å². The molecule has 0 radical (unpaired) electrons. The van der Waals surface area contributed by atoms with Gasteiger partial charge in [-0.2, -0.15) is 5.26 Å². The number of carboxylic acid groups (broad SMARTS) is 1. The first-order chi connectivity index (χ1) is 9.09. The summed E-state index contributed by atoms with van der Waals surface area (Å²) in [6.45, 7) is 0.369. The summed E-state index contributed by atoms with van der Waals surface area (Å²) < 4.78 is 0.718. The van der Waals surface area contributed by atoms with E-state index >= 15 is 0 Å². The lowest BCUT2D eigenvalue weighted by atomic mass is 9.86. The van der Waals surface area contributed by atoms with Crippen molar-refractivity contribution >= 4 is 27.6 Å². The Bertz CT molecular complexity index is 531. The van der Waals surface area contributed by atoms with Crippen LogP contribution < -0.4 is 5.32 Å². The van der Waals surface area contributed by atoms with Crippen molar-refractivity contribution in [3.63, 3.8) is 0 Å². The summed E-state index contributed by atoms with van der Waals surface area (Å²) in [5.74, 6) is -0.744. The van der Waals surface area contributed by atoms with Gasteiger partial charge in [0.15, 0.2) is 0 Å². The minimum atomic E-state index is -0.744. The second-order valence-corrected chi connectivity index (χ2v) is 5.77. The molecule has 0 saturated heterocycles. The van der Waals surface area contributed by atoms with Gasteiger partial charge in [-0.3, -0.25) is 4.79 Å². The molecule has 100 valence electrons. The highest BCUT2D eigenvalue weighted by molar-refractivity contribution is 9.10. The molecule has 0 atom stereocenters. The molecule has 0 spiro atoms. The molecule has 0 heterocycles. The molecule has 2 rings (SSSR count). The van der Waals surface area contributed by atoms with Gasteiger partial charge in [-0.1, -0.05) is 18.9 Å². The maximum absolute atomic E-state index is 11.5. The molecular weight excluding hydrogens is 308 g/mol. The monoisotopic (exact) mass is 322 g/mol. The van der Waals surface area contributed by atoms with E-state index in [1.165, 1.54) is 0 Å². The highest BCUT2D eigenvalue weighted by Crippen LogP contribution is 2.39. The molecule has 0 amide bonds. The fourth-order valence-corrected chi connectivity index (χ4v) is 3.02. The first kappa shape index (κ1) is 13.9. The number of nitriles is 1. The van der Waals surface area contributed by atoms with Gasteiger partial charge in [-0.15, -0.1) is 0 Å². The lowest BCUT2D eigenvalue weighted by molar-refractivity contribution is -0.147. The number of hydrogen-bond acceptors (Lipinski definition) is 3. The predicted octanol–water partition coefficient (Wildman–Crippen LogP) is 3.38. The van der Waals surface area contributed by atoms with Crippen molar-refractivity contribution in [2.75, 3.05) is 11.9 Å². The number of carboxylic acids is 1. The van der Waals surface area contributed by atoms with Crippen LogP contribution in [0.5, 0.6) is 0 Å². The lowest BCUT2D eigenvalue weighted by Gasteiger charge is -2.25. The maximum Gasteiger partial charge on any atom is 0.311 e. The number of halogens is 1. The first-order valence-corrected chi connectivity index (χ1v) is 7.04. The van der Waals surface area contributed by atoms with Gasteiger partial charge in [-0.05, 0) is 40.9 Å². The van der Waals surface area contributed by atoms with E-state index in [9.17, 15) is 9.90 Å². The molecule has 1 saturated carbocycles. The van der Waals surface area contributed by atoms with E-state index < -0.39 is 11.4 Å². The zero-order valence-corrected chi connectivity index (χ0v) is 12.0. The number of nitrogens with zero attached hydrogens (tertiary/aromatic N) is 1. The topological polar surface area (TPSA) is 73.1 Å². The Kier molecular flexibility index (Phi) is 4.11. The lowest BCUT2D eigenvalue weighted by Crippen LogP contribution is -2.35. The molecule has 19 heavy (non-hydrogen) atoms. The summed E-state index contributed by atoms with van der Waals surface area (Å²) in [5.41, 5.74) is 0.514. The quantitative estimate of drug-likeness (QED) is 0.891. The standard InChI is InChI=1S/C14H15BrN2O2/c15-11-4-3-5-12(10(11)8-16)17-9-14(13(18)19)6-1-2-7-14/h3-5,17H,1-2,6-7,9H2,(H,18,19). The number of benzene rings is 1. The third-order valence-electron chi connectivity index (χ3n) is 3.76. The van der Waals surface area contributed by atoms with Crippen LogP contribution >= 0.6 is 15.9 Å². The largest absolute Gasteiger partial charge is 0.481 e. The predicted molar refractivity (Wildman–Crippen MR) is 75.9 cm³/mol. The van der Waals surface area contributed by atoms with Gasteiger partial charge in [0, 0.05) is 11.0 Å².